The summed E-state index contributed by atoms with van der Waals surface area (Å²) in [5.41, 5.74) is 1.84. The Balaban J connectivity index is 1.98. The molecule has 0 aromatic carbocycles. The van der Waals surface area contributed by atoms with E-state index in [-0.39, 0.29) is 6.61 Å². The molecule has 6 heteroatoms. The van der Waals surface area contributed by atoms with E-state index in [1.807, 2.05) is 6.20 Å². The molecule has 2 rings (SSSR count). The quantitative estimate of drug-likeness (QED) is 0.841. The zero-order valence-corrected chi connectivity index (χ0v) is 10.7. The summed E-state index contributed by atoms with van der Waals surface area (Å²) < 4.78 is 1.76. The van der Waals surface area contributed by atoms with Crippen LogP contribution in [0, 0.1) is 0 Å². The minimum atomic E-state index is 0.107. The number of aromatic nitrogens is 4. The van der Waals surface area contributed by atoms with Crippen molar-refractivity contribution in [1.82, 2.24) is 20.0 Å². The number of nitrogens with zero attached hydrogens (tertiary/aromatic N) is 4. The van der Waals surface area contributed by atoms with Gasteiger partial charge in [-0.3, -0.25) is 0 Å². The van der Waals surface area contributed by atoms with Crippen LogP contribution in [-0.2, 0) is 19.4 Å². The Morgan fingerprint density at radius 2 is 2.24 bits per heavy atom. The molecule has 2 heterocycles. The first-order valence-corrected chi connectivity index (χ1v) is 6.63. The van der Waals surface area contributed by atoms with Crippen LogP contribution in [0.5, 0.6) is 0 Å². The summed E-state index contributed by atoms with van der Waals surface area (Å²) >= 11 is 1.70. The molecule has 17 heavy (non-hydrogen) atoms. The maximum Gasteiger partial charge on any atom is 0.0928 e. The lowest BCUT2D eigenvalue weighted by atomic mass is 10.3. The number of aryl methyl sites for hydroxylation is 1. The minimum Gasteiger partial charge on any atom is -0.396 e. The van der Waals surface area contributed by atoms with Gasteiger partial charge >= 0.3 is 0 Å². The van der Waals surface area contributed by atoms with E-state index in [0.29, 0.717) is 13.0 Å². The van der Waals surface area contributed by atoms with E-state index in [1.54, 1.807) is 16.0 Å². The SMILES string of the molecule is CCCc1nc(Cn2cc(CCO)nn2)cs1. The molecule has 0 spiro atoms. The normalized spacial score (nSPS) is 10.9. The summed E-state index contributed by atoms with van der Waals surface area (Å²) in [6.45, 7) is 2.91. The molecule has 2 aromatic rings. The third-order valence-electron chi connectivity index (χ3n) is 2.34. The molecule has 0 amide bonds. The summed E-state index contributed by atoms with van der Waals surface area (Å²) in [4.78, 5) is 4.53. The molecule has 0 saturated carbocycles. The standard InChI is InChI=1S/C11H16N4OS/c1-2-3-11-12-10(8-17-11)7-15-6-9(4-5-16)13-14-15/h6,8,16H,2-5,7H2,1H3. The highest BCUT2D eigenvalue weighted by molar-refractivity contribution is 7.09. The summed E-state index contributed by atoms with van der Waals surface area (Å²) in [5.74, 6) is 0. The van der Waals surface area contributed by atoms with Gasteiger partial charge in [-0.25, -0.2) is 9.67 Å². The van der Waals surface area contributed by atoms with Gasteiger partial charge in [-0.1, -0.05) is 12.1 Å². The van der Waals surface area contributed by atoms with Crippen LogP contribution in [0.15, 0.2) is 11.6 Å². The molecule has 0 bridgehead atoms. The van der Waals surface area contributed by atoms with Gasteiger partial charge in [0.25, 0.3) is 0 Å². The number of aliphatic hydroxyl groups excluding tert-OH is 1. The summed E-state index contributed by atoms with van der Waals surface area (Å²) in [6, 6.07) is 0. The van der Waals surface area contributed by atoms with E-state index in [1.165, 1.54) is 5.01 Å². The number of rotatable bonds is 6. The van der Waals surface area contributed by atoms with E-state index in [2.05, 4.69) is 27.6 Å². The van der Waals surface area contributed by atoms with Gasteiger partial charge in [-0.2, -0.15) is 0 Å². The fourth-order valence-corrected chi connectivity index (χ4v) is 2.45. The molecule has 0 fully saturated rings. The van der Waals surface area contributed by atoms with E-state index in [9.17, 15) is 0 Å². The Bertz CT molecular complexity index is 423. The van der Waals surface area contributed by atoms with Gasteiger partial charge in [-0.15, -0.1) is 16.4 Å². The third kappa shape index (κ3) is 3.34. The maximum atomic E-state index is 8.79. The first-order chi connectivity index (χ1) is 8.31. The second-order valence-corrected chi connectivity index (χ2v) is 4.81. The van der Waals surface area contributed by atoms with Gasteiger partial charge in [-0.05, 0) is 12.8 Å². The molecule has 0 saturated heterocycles. The molecule has 0 aliphatic heterocycles. The highest BCUT2D eigenvalue weighted by atomic mass is 32.1. The van der Waals surface area contributed by atoms with Crippen molar-refractivity contribution in [2.24, 2.45) is 0 Å². The van der Waals surface area contributed by atoms with E-state index in [0.717, 1.165) is 24.2 Å². The fraction of sp³-hybridized carbons (Fsp3) is 0.545. The van der Waals surface area contributed by atoms with Crippen LogP contribution in [0.1, 0.15) is 29.7 Å². The van der Waals surface area contributed by atoms with Crippen molar-refractivity contribution in [2.75, 3.05) is 6.61 Å². The Morgan fingerprint density at radius 1 is 1.35 bits per heavy atom. The molecule has 1 N–H and O–H groups in total. The molecule has 5 nitrogen and oxygen atoms in total. The van der Waals surface area contributed by atoms with Crippen molar-refractivity contribution in [3.05, 3.63) is 28.0 Å². The third-order valence-corrected chi connectivity index (χ3v) is 3.30. The van der Waals surface area contributed by atoms with Crippen LogP contribution in [0.2, 0.25) is 0 Å². The first kappa shape index (κ1) is 12.2. The molecule has 92 valence electrons. The van der Waals surface area contributed by atoms with Crippen LogP contribution in [0.4, 0.5) is 0 Å². The average Bonchev–Trinajstić information content (AvgIpc) is 2.91. The number of aliphatic hydroxyl groups is 1. The van der Waals surface area contributed by atoms with Gasteiger partial charge in [0.05, 0.1) is 22.9 Å². The second kappa shape index (κ2) is 5.88. The smallest absolute Gasteiger partial charge is 0.0928 e. The van der Waals surface area contributed by atoms with E-state index in [4.69, 9.17) is 5.11 Å². The Labute approximate surface area is 104 Å². The van der Waals surface area contributed by atoms with Crippen LogP contribution < -0.4 is 0 Å². The Kier molecular flexibility index (Phi) is 4.22. The van der Waals surface area contributed by atoms with Crippen LogP contribution >= 0.6 is 11.3 Å². The van der Waals surface area contributed by atoms with E-state index < -0.39 is 0 Å². The average molecular weight is 252 g/mol. The molecule has 2 aromatic heterocycles. The molecule has 0 unspecified atom stereocenters. The predicted molar refractivity (Wildman–Crippen MR) is 66.0 cm³/mol. The lowest BCUT2D eigenvalue weighted by Gasteiger charge is -1.95. The Morgan fingerprint density at radius 3 is 3.00 bits per heavy atom. The summed E-state index contributed by atoms with van der Waals surface area (Å²) in [6.07, 6.45) is 4.57. The van der Waals surface area contributed by atoms with Crippen LogP contribution in [-0.4, -0.2) is 31.7 Å². The van der Waals surface area contributed by atoms with Crippen molar-refractivity contribution < 1.29 is 5.11 Å². The lowest BCUT2D eigenvalue weighted by Crippen LogP contribution is -2.01. The number of hydrogen-bond donors (Lipinski definition) is 1. The summed E-state index contributed by atoms with van der Waals surface area (Å²) in [7, 11) is 0. The van der Waals surface area contributed by atoms with Gasteiger partial charge in [0.15, 0.2) is 0 Å². The van der Waals surface area contributed by atoms with Crippen LogP contribution in [0.25, 0.3) is 0 Å². The maximum absolute atomic E-state index is 8.79. The minimum absolute atomic E-state index is 0.107. The molecule has 0 atom stereocenters. The largest absolute Gasteiger partial charge is 0.396 e. The van der Waals surface area contributed by atoms with Gasteiger partial charge in [0, 0.05) is 24.6 Å². The Hall–Kier alpha value is -1.27. The molecular formula is C11H16N4OS. The number of thiazole rings is 1. The number of hydrogen-bond acceptors (Lipinski definition) is 5. The predicted octanol–water partition coefficient (Wildman–Crippen LogP) is 1.27. The second-order valence-electron chi connectivity index (χ2n) is 3.86. The van der Waals surface area contributed by atoms with Crippen molar-refractivity contribution in [3.63, 3.8) is 0 Å². The molecular weight excluding hydrogens is 236 g/mol. The van der Waals surface area contributed by atoms with Crippen molar-refractivity contribution >= 4 is 11.3 Å². The summed E-state index contributed by atoms with van der Waals surface area (Å²) in [5, 5.41) is 20.0. The molecule has 0 radical (unpaired) electrons. The highest BCUT2D eigenvalue weighted by Crippen LogP contribution is 2.12. The zero-order valence-electron chi connectivity index (χ0n) is 9.83. The monoisotopic (exact) mass is 252 g/mol. The van der Waals surface area contributed by atoms with Crippen molar-refractivity contribution in [2.45, 2.75) is 32.7 Å². The van der Waals surface area contributed by atoms with Crippen LogP contribution in [0.3, 0.4) is 0 Å². The lowest BCUT2D eigenvalue weighted by molar-refractivity contribution is 0.298. The van der Waals surface area contributed by atoms with Gasteiger partial charge in [0.2, 0.25) is 0 Å². The highest BCUT2D eigenvalue weighted by Gasteiger charge is 2.04. The topological polar surface area (TPSA) is 63.8 Å². The van der Waals surface area contributed by atoms with E-state index >= 15 is 0 Å². The first-order valence-electron chi connectivity index (χ1n) is 5.75. The van der Waals surface area contributed by atoms with Gasteiger partial charge < -0.3 is 5.11 Å². The van der Waals surface area contributed by atoms with Gasteiger partial charge in [0.1, 0.15) is 0 Å². The molecule has 0 aliphatic rings. The molecule has 0 aliphatic carbocycles. The fourth-order valence-electron chi connectivity index (χ4n) is 1.56. The van der Waals surface area contributed by atoms with Crippen molar-refractivity contribution in [1.29, 1.82) is 0 Å². The zero-order chi connectivity index (χ0) is 12.1. The van der Waals surface area contributed by atoms with Crippen molar-refractivity contribution in [3.8, 4) is 0 Å².